The van der Waals surface area contributed by atoms with Crippen LogP contribution in [0.5, 0.6) is 0 Å². The van der Waals surface area contributed by atoms with Gasteiger partial charge in [-0.1, -0.05) is 11.6 Å². The predicted octanol–water partition coefficient (Wildman–Crippen LogP) is 2.85. The third-order valence-corrected chi connectivity index (χ3v) is 4.25. The fraction of sp³-hybridized carbons (Fsp3) is 0.643. The standard InChI is InChI=1S/C14H22BClN2O2/c1-9(2)18-12-11(16)10(7-8-17-12)15-19-13(3,4)14(5,6)20-15/h7-9H,1-6H3,(H,17,18). The van der Waals surface area contributed by atoms with Gasteiger partial charge in [0.2, 0.25) is 0 Å². The lowest BCUT2D eigenvalue weighted by molar-refractivity contribution is 0.00578. The second-order valence-electron chi connectivity index (χ2n) is 6.45. The van der Waals surface area contributed by atoms with Gasteiger partial charge in [-0.3, -0.25) is 0 Å². The van der Waals surface area contributed by atoms with Crippen LogP contribution in [0, 0.1) is 0 Å². The number of hydrogen-bond acceptors (Lipinski definition) is 4. The van der Waals surface area contributed by atoms with Crippen LogP contribution in [-0.4, -0.2) is 29.3 Å². The molecule has 1 aromatic rings. The quantitative estimate of drug-likeness (QED) is 0.871. The molecule has 110 valence electrons. The van der Waals surface area contributed by atoms with E-state index in [-0.39, 0.29) is 17.2 Å². The van der Waals surface area contributed by atoms with Crippen molar-refractivity contribution in [2.24, 2.45) is 0 Å². The van der Waals surface area contributed by atoms with Crippen LogP contribution in [0.2, 0.25) is 5.02 Å². The van der Waals surface area contributed by atoms with Crippen molar-refractivity contribution < 1.29 is 9.31 Å². The van der Waals surface area contributed by atoms with Crippen molar-refractivity contribution in [3.8, 4) is 0 Å². The van der Waals surface area contributed by atoms with Crippen LogP contribution in [0.1, 0.15) is 41.5 Å². The summed E-state index contributed by atoms with van der Waals surface area (Å²) in [6, 6.07) is 2.10. The van der Waals surface area contributed by atoms with Crippen molar-refractivity contribution in [2.45, 2.75) is 58.8 Å². The number of aromatic nitrogens is 1. The summed E-state index contributed by atoms with van der Waals surface area (Å²) < 4.78 is 12.1. The zero-order valence-corrected chi connectivity index (χ0v) is 13.7. The first-order valence-corrected chi connectivity index (χ1v) is 7.28. The first kappa shape index (κ1) is 15.6. The average Bonchev–Trinajstić information content (AvgIpc) is 2.50. The molecule has 1 fully saturated rings. The maximum Gasteiger partial charge on any atom is 0.496 e. The van der Waals surface area contributed by atoms with Gasteiger partial charge < -0.3 is 14.6 Å². The molecular formula is C14H22BClN2O2. The number of pyridine rings is 1. The van der Waals surface area contributed by atoms with Gasteiger partial charge >= 0.3 is 7.12 Å². The van der Waals surface area contributed by atoms with Crippen molar-refractivity contribution in [3.05, 3.63) is 17.3 Å². The van der Waals surface area contributed by atoms with Crippen LogP contribution in [-0.2, 0) is 9.31 Å². The molecule has 0 saturated carbocycles. The number of nitrogens with one attached hydrogen (secondary N) is 1. The fourth-order valence-electron chi connectivity index (χ4n) is 1.98. The highest BCUT2D eigenvalue weighted by molar-refractivity contribution is 6.66. The molecule has 0 unspecified atom stereocenters. The minimum atomic E-state index is -0.469. The lowest BCUT2D eigenvalue weighted by Crippen LogP contribution is -2.41. The third kappa shape index (κ3) is 2.80. The van der Waals surface area contributed by atoms with E-state index in [1.807, 2.05) is 47.6 Å². The molecular weight excluding hydrogens is 274 g/mol. The smallest absolute Gasteiger partial charge is 0.399 e. The first-order valence-electron chi connectivity index (χ1n) is 6.90. The van der Waals surface area contributed by atoms with Gasteiger partial charge in [0.25, 0.3) is 0 Å². The Hall–Kier alpha value is -0.775. The van der Waals surface area contributed by atoms with E-state index in [0.29, 0.717) is 10.8 Å². The van der Waals surface area contributed by atoms with Gasteiger partial charge in [-0.25, -0.2) is 4.98 Å². The molecule has 1 aliphatic rings. The Morgan fingerprint density at radius 3 is 2.25 bits per heavy atom. The number of halogens is 1. The Kier molecular flexibility index (Phi) is 4.06. The monoisotopic (exact) mass is 296 g/mol. The van der Waals surface area contributed by atoms with Gasteiger partial charge in [0.15, 0.2) is 0 Å². The Bertz CT molecular complexity index is 490. The summed E-state index contributed by atoms with van der Waals surface area (Å²) in [6.45, 7) is 12.2. The summed E-state index contributed by atoms with van der Waals surface area (Å²) in [5, 5.41) is 3.78. The van der Waals surface area contributed by atoms with Crippen molar-refractivity contribution in [1.82, 2.24) is 4.98 Å². The molecule has 2 rings (SSSR count). The molecule has 20 heavy (non-hydrogen) atoms. The maximum atomic E-state index is 6.43. The molecule has 6 heteroatoms. The zero-order chi connectivity index (χ0) is 15.1. The molecule has 0 aromatic carbocycles. The minimum absolute atomic E-state index is 0.258. The molecule has 1 N–H and O–H groups in total. The van der Waals surface area contributed by atoms with Gasteiger partial charge in [-0.15, -0.1) is 0 Å². The lowest BCUT2D eigenvalue weighted by Gasteiger charge is -2.32. The first-order chi connectivity index (χ1) is 9.14. The molecule has 4 nitrogen and oxygen atoms in total. The highest BCUT2D eigenvalue weighted by Gasteiger charge is 2.52. The number of anilines is 1. The van der Waals surface area contributed by atoms with Crippen molar-refractivity contribution in [3.63, 3.8) is 0 Å². The summed E-state index contributed by atoms with van der Waals surface area (Å²) in [6.07, 6.45) is 1.72. The largest absolute Gasteiger partial charge is 0.496 e. The SMILES string of the molecule is CC(C)Nc1nccc(B2OC(C)(C)C(C)(C)O2)c1Cl. The molecule has 0 spiro atoms. The highest BCUT2D eigenvalue weighted by atomic mass is 35.5. The molecule has 0 aliphatic carbocycles. The Morgan fingerprint density at radius 2 is 1.75 bits per heavy atom. The van der Waals surface area contributed by atoms with Crippen LogP contribution in [0.25, 0.3) is 0 Å². The Labute approximate surface area is 126 Å². The van der Waals surface area contributed by atoms with E-state index in [1.54, 1.807) is 6.20 Å². The third-order valence-electron chi connectivity index (χ3n) is 3.85. The van der Waals surface area contributed by atoms with Crippen molar-refractivity contribution in [2.75, 3.05) is 5.32 Å². The molecule has 2 heterocycles. The number of rotatable bonds is 3. The number of hydrogen-bond donors (Lipinski definition) is 1. The van der Waals surface area contributed by atoms with E-state index < -0.39 is 7.12 Å². The van der Waals surface area contributed by atoms with Crippen LogP contribution in [0.15, 0.2) is 12.3 Å². The van der Waals surface area contributed by atoms with Crippen LogP contribution < -0.4 is 10.8 Å². The predicted molar refractivity (Wildman–Crippen MR) is 83.7 cm³/mol. The maximum absolute atomic E-state index is 6.43. The van der Waals surface area contributed by atoms with Gasteiger partial charge in [0.05, 0.1) is 16.2 Å². The van der Waals surface area contributed by atoms with Gasteiger partial charge in [-0.2, -0.15) is 0 Å². The van der Waals surface area contributed by atoms with E-state index in [4.69, 9.17) is 20.9 Å². The van der Waals surface area contributed by atoms with Crippen molar-refractivity contribution in [1.29, 1.82) is 0 Å². The molecule has 0 bridgehead atoms. The molecule has 0 radical (unpaired) electrons. The van der Waals surface area contributed by atoms with Crippen molar-refractivity contribution >= 4 is 30.0 Å². The Morgan fingerprint density at radius 1 is 1.20 bits per heavy atom. The van der Waals surface area contributed by atoms with E-state index in [1.165, 1.54) is 0 Å². The van der Waals surface area contributed by atoms with E-state index in [9.17, 15) is 0 Å². The summed E-state index contributed by atoms with van der Waals surface area (Å²) >= 11 is 6.43. The second-order valence-corrected chi connectivity index (χ2v) is 6.83. The molecule has 1 aliphatic heterocycles. The normalized spacial score (nSPS) is 20.5. The van der Waals surface area contributed by atoms with Gasteiger partial charge in [0, 0.05) is 17.7 Å². The Balaban J connectivity index is 2.31. The summed E-state index contributed by atoms with van der Waals surface area (Å²) in [4.78, 5) is 4.27. The van der Waals surface area contributed by atoms with E-state index in [0.717, 1.165) is 5.46 Å². The topological polar surface area (TPSA) is 43.4 Å². The summed E-state index contributed by atoms with van der Waals surface area (Å²) in [7, 11) is -0.469. The fourth-order valence-corrected chi connectivity index (χ4v) is 2.24. The highest BCUT2D eigenvalue weighted by Crippen LogP contribution is 2.37. The van der Waals surface area contributed by atoms with Crippen LogP contribution >= 0.6 is 11.6 Å². The molecule has 1 aromatic heterocycles. The molecule has 0 amide bonds. The average molecular weight is 297 g/mol. The summed E-state index contributed by atoms with van der Waals surface area (Å²) in [5.41, 5.74) is 0.0506. The lowest BCUT2D eigenvalue weighted by atomic mass is 9.79. The zero-order valence-electron chi connectivity index (χ0n) is 13.0. The van der Waals surface area contributed by atoms with Gasteiger partial charge in [0.1, 0.15) is 5.82 Å². The van der Waals surface area contributed by atoms with Crippen LogP contribution in [0.4, 0.5) is 5.82 Å². The summed E-state index contributed by atoms with van der Waals surface area (Å²) in [5.74, 6) is 0.661. The van der Waals surface area contributed by atoms with E-state index in [2.05, 4.69) is 10.3 Å². The second kappa shape index (κ2) is 5.21. The van der Waals surface area contributed by atoms with Crippen LogP contribution in [0.3, 0.4) is 0 Å². The van der Waals surface area contributed by atoms with Gasteiger partial charge in [-0.05, 0) is 47.6 Å². The number of nitrogens with zero attached hydrogens (tertiary/aromatic N) is 1. The minimum Gasteiger partial charge on any atom is -0.399 e. The molecule has 1 saturated heterocycles. The molecule has 0 atom stereocenters. The van der Waals surface area contributed by atoms with E-state index >= 15 is 0 Å².